The molecule has 0 saturated heterocycles. The van der Waals surface area contributed by atoms with Gasteiger partial charge in [0.1, 0.15) is 12.4 Å². The van der Waals surface area contributed by atoms with E-state index in [2.05, 4.69) is 15.0 Å². The van der Waals surface area contributed by atoms with Crippen LogP contribution < -0.4 is 20.3 Å². The topological polar surface area (TPSA) is 100 Å². The molecule has 3 N–H and O–H groups in total. The lowest BCUT2D eigenvalue weighted by atomic mass is 10.0. The molecule has 1 heterocycles. The van der Waals surface area contributed by atoms with E-state index in [0.717, 1.165) is 11.1 Å². The largest absolute Gasteiger partial charge is 0.492 e. The van der Waals surface area contributed by atoms with Crippen molar-refractivity contribution >= 4 is 56.4 Å². The van der Waals surface area contributed by atoms with Gasteiger partial charge in [-0.15, -0.1) is 12.4 Å². The summed E-state index contributed by atoms with van der Waals surface area (Å²) < 4.78 is 34.0. The Kier molecular flexibility index (Phi) is 9.78. The maximum Gasteiger partial charge on any atom is 0.255 e. The molecule has 7 nitrogen and oxygen atoms in total. The molecule has 3 aromatic carbocycles. The SMILES string of the molecule is Cl.O=c1[nH]ccc2c(S(=O)(=O)NCCNCCOc3ccc(Cl)cc3-c3ccccc3Cl)cccc12. The normalized spacial score (nSPS) is 11.3. The van der Waals surface area contributed by atoms with Crippen LogP contribution in [-0.2, 0) is 10.0 Å². The highest BCUT2D eigenvalue weighted by atomic mass is 35.5. The number of fused-ring (bicyclic) bond motifs is 1. The zero-order valence-electron chi connectivity index (χ0n) is 19.0. The standard InChI is InChI=1S/C25H23Cl2N3O4S.ClH/c26-17-8-9-23(21(16-17)18-4-1-2-6-22(18)27)34-15-14-28-12-13-30-35(32,33)24-7-3-5-20-19(24)10-11-29-25(20)31;/h1-11,16,28,30H,12-15H2,(H,29,31);1H. The quantitative estimate of drug-likeness (QED) is 0.237. The number of hydrogen-bond acceptors (Lipinski definition) is 5. The van der Waals surface area contributed by atoms with Crippen LogP contribution in [0.1, 0.15) is 0 Å². The van der Waals surface area contributed by atoms with Gasteiger partial charge in [-0.05, 0) is 42.5 Å². The number of hydrogen-bond donors (Lipinski definition) is 3. The van der Waals surface area contributed by atoms with Crippen LogP contribution in [0.5, 0.6) is 5.75 Å². The van der Waals surface area contributed by atoms with Crippen molar-refractivity contribution in [3.05, 3.63) is 93.3 Å². The molecular formula is C25H24Cl3N3O4S. The Labute approximate surface area is 225 Å². The van der Waals surface area contributed by atoms with Crippen LogP contribution in [0.2, 0.25) is 10.0 Å². The van der Waals surface area contributed by atoms with Crippen LogP contribution in [0.4, 0.5) is 0 Å². The van der Waals surface area contributed by atoms with Crippen molar-refractivity contribution in [3.8, 4) is 16.9 Å². The van der Waals surface area contributed by atoms with E-state index in [9.17, 15) is 13.2 Å². The highest BCUT2D eigenvalue weighted by Crippen LogP contribution is 2.36. The van der Waals surface area contributed by atoms with E-state index >= 15 is 0 Å². The summed E-state index contributed by atoms with van der Waals surface area (Å²) in [5.74, 6) is 0.649. The van der Waals surface area contributed by atoms with Crippen molar-refractivity contribution in [3.63, 3.8) is 0 Å². The second-order valence-corrected chi connectivity index (χ2v) is 10.2. The van der Waals surface area contributed by atoms with E-state index < -0.39 is 10.0 Å². The maximum atomic E-state index is 12.8. The monoisotopic (exact) mass is 567 g/mol. The number of rotatable bonds is 10. The summed E-state index contributed by atoms with van der Waals surface area (Å²) in [6.45, 7) is 1.42. The smallest absolute Gasteiger partial charge is 0.255 e. The lowest BCUT2D eigenvalue weighted by Gasteiger charge is -2.14. The molecule has 11 heteroatoms. The molecule has 0 atom stereocenters. The van der Waals surface area contributed by atoms with Crippen molar-refractivity contribution < 1.29 is 13.2 Å². The van der Waals surface area contributed by atoms with Crippen LogP contribution in [-0.4, -0.2) is 39.6 Å². The van der Waals surface area contributed by atoms with Gasteiger partial charge in [0.25, 0.3) is 5.56 Å². The van der Waals surface area contributed by atoms with Gasteiger partial charge in [0.2, 0.25) is 10.0 Å². The number of nitrogens with one attached hydrogen (secondary N) is 3. The van der Waals surface area contributed by atoms with E-state index in [1.165, 1.54) is 12.3 Å². The number of aromatic amines is 1. The molecule has 0 aliphatic rings. The first-order chi connectivity index (χ1) is 16.9. The minimum Gasteiger partial charge on any atom is -0.492 e. The lowest BCUT2D eigenvalue weighted by molar-refractivity contribution is 0.316. The number of aromatic nitrogens is 1. The number of sulfonamides is 1. The molecule has 0 amide bonds. The third kappa shape index (κ3) is 6.59. The summed E-state index contributed by atoms with van der Waals surface area (Å²) in [6, 6.07) is 19.0. The summed E-state index contributed by atoms with van der Waals surface area (Å²) in [7, 11) is -3.78. The zero-order valence-corrected chi connectivity index (χ0v) is 22.1. The Morgan fingerprint density at radius 2 is 1.67 bits per heavy atom. The summed E-state index contributed by atoms with van der Waals surface area (Å²) in [6.07, 6.45) is 1.43. The van der Waals surface area contributed by atoms with E-state index in [1.807, 2.05) is 18.2 Å². The van der Waals surface area contributed by atoms with E-state index in [0.29, 0.717) is 46.3 Å². The third-order valence-corrected chi connectivity index (χ3v) is 7.38. The number of benzene rings is 3. The van der Waals surface area contributed by atoms with Gasteiger partial charge >= 0.3 is 0 Å². The van der Waals surface area contributed by atoms with Crippen LogP contribution in [0.3, 0.4) is 0 Å². The van der Waals surface area contributed by atoms with Gasteiger partial charge in [-0.25, -0.2) is 13.1 Å². The first-order valence-corrected chi connectivity index (χ1v) is 13.1. The predicted octanol–water partition coefficient (Wildman–Crippen LogP) is 4.87. The molecule has 0 aliphatic heterocycles. The molecule has 4 aromatic rings. The average Bonchev–Trinajstić information content (AvgIpc) is 2.84. The molecule has 0 fully saturated rings. The Morgan fingerprint density at radius 3 is 2.47 bits per heavy atom. The average molecular weight is 569 g/mol. The molecule has 190 valence electrons. The Bertz CT molecular complexity index is 1510. The summed E-state index contributed by atoms with van der Waals surface area (Å²) >= 11 is 12.5. The number of H-pyrrole nitrogens is 1. The van der Waals surface area contributed by atoms with Gasteiger partial charge in [-0.1, -0.05) is 47.5 Å². The van der Waals surface area contributed by atoms with Crippen molar-refractivity contribution in [2.24, 2.45) is 0 Å². The molecule has 0 bridgehead atoms. The second kappa shape index (κ2) is 12.6. The summed E-state index contributed by atoms with van der Waals surface area (Å²) in [4.78, 5) is 14.6. The van der Waals surface area contributed by atoms with Gasteiger partial charge in [0.15, 0.2) is 0 Å². The number of ether oxygens (including phenoxy) is 1. The van der Waals surface area contributed by atoms with Gasteiger partial charge in [0.05, 0.1) is 4.90 Å². The molecule has 4 rings (SSSR count). The van der Waals surface area contributed by atoms with E-state index in [1.54, 1.807) is 42.5 Å². The highest BCUT2D eigenvalue weighted by molar-refractivity contribution is 7.89. The lowest BCUT2D eigenvalue weighted by Crippen LogP contribution is -2.33. The third-order valence-electron chi connectivity index (χ3n) is 5.30. The predicted molar refractivity (Wildman–Crippen MR) is 147 cm³/mol. The van der Waals surface area contributed by atoms with Crippen LogP contribution in [0.15, 0.2) is 82.6 Å². The van der Waals surface area contributed by atoms with Crippen LogP contribution >= 0.6 is 35.6 Å². The zero-order chi connectivity index (χ0) is 24.8. The van der Waals surface area contributed by atoms with Gasteiger partial charge in [-0.3, -0.25) is 4.79 Å². The molecule has 0 unspecified atom stereocenters. The maximum absolute atomic E-state index is 12.8. The summed E-state index contributed by atoms with van der Waals surface area (Å²) in [5, 5.41) is 5.02. The van der Waals surface area contributed by atoms with Gasteiger partial charge < -0.3 is 15.0 Å². The Hall–Kier alpha value is -2.59. The van der Waals surface area contributed by atoms with Crippen LogP contribution in [0.25, 0.3) is 21.9 Å². The number of pyridine rings is 1. The highest BCUT2D eigenvalue weighted by Gasteiger charge is 2.17. The molecule has 0 spiro atoms. The molecule has 0 radical (unpaired) electrons. The van der Waals surface area contributed by atoms with E-state index in [4.69, 9.17) is 27.9 Å². The van der Waals surface area contributed by atoms with E-state index in [-0.39, 0.29) is 29.4 Å². The first kappa shape index (κ1) is 28.0. The fraction of sp³-hybridized carbons (Fsp3) is 0.160. The summed E-state index contributed by atoms with van der Waals surface area (Å²) in [5.41, 5.74) is 1.29. The van der Waals surface area contributed by atoms with Crippen molar-refractivity contribution in [2.75, 3.05) is 26.2 Å². The minimum absolute atomic E-state index is 0. The molecule has 0 saturated carbocycles. The molecule has 0 aliphatic carbocycles. The van der Waals surface area contributed by atoms with Crippen molar-refractivity contribution in [2.45, 2.75) is 4.90 Å². The second-order valence-electron chi connectivity index (χ2n) is 7.64. The van der Waals surface area contributed by atoms with Crippen LogP contribution in [0, 0.1) is 0 Å². The fourth-order valence-electron chi connectivity index (χ4n) is 3.65. The molecule has 1 aromatic heterocycles. The van der Waals surface area contributed by atoms with Crippen molar-refractivity contribution in [1.29, 1.82) is 0 Å². The van der Waals surface area contributed by atoms with Gasteiger partial charge in [-0.2, -0.15) is 0 Å². The Balaban J connectivity index is 0.00000361. The van der Waals surface area contributed by atoms with Gasteiger partial charge in [0, 0.05) is 57.8 Å². The minimum atomic E-state index is -3.78. The molecular weight excluding hydrogens is 545 g/mol. The molecule has 36 heavy (non-hydrogen) atoms. The number of halogens is 3. The fourth-order valence-corrected chi connectivity index (χ4v) is 5.32. The van der Waals surface area contributed by atoms with Crippen molar-refractivity contribution in [1.82, 2.24) is 15.0 Å². The first-order valence-electron chi connectivity index (χ1n) is 10.8. The Morgan fingerprint density at radius 1 is 0.861 bits per heavy atom.